The van der Waals surface area contributed by atoms with Gasteiger partial charge in [0.1, 0.15) is 16.8 Å². The van der Waals surface area contributed by atoms with Gasteiger partial charge in [-0.2, -0.15) is 0 Å². The maximum absolute atomic E-state index is 11.3. The molecule has 5 nitrogen and oxygen atoms in total. The van der Waals surface area contributed by atoms with Crippen molar-refractivity contribution in [3.63, 3.8) is 0 Å². The molecule has 0 saturated carbocycles. The van der Waals surface area contributed by atoms with E-state index < -0.39 is 12.0 Å². The molecule has 0 spiro atoms. The van der Waals surface area contributed by atoms with Crippen molar-refractivity contribution in [3.8, 4) is 5.75 Å². The number of hydrogen-bond acceptors (Lipinski definition) is 6. The third-order valence-electron chi connectivity index (χ3n) is 3.94. The van der Waals surface area contributed by atoms with Crippen molar-refractivity contribution < 1.29 is 15.0 Å². The third-order valence-corrected chi connectivity index (χ3v) is 6.48. The molecule has 1 saturated heterocycles. The number of benzene rings is 1. The first-order chi connectivity index (χ1) is 10.6. The Kier molecular flexibility index (Phi) is 4.65. The summed E-state index contributed by atoms with van der Waals surface area (Å²) < 4.78 is 0. The van der Waals surface area contributed by atoms with E-state index in [9.17, 15) is 15.0 Å². The van der Waals surface area contributed by atoms with Crippen LogP contribution in [0.15, 0.2) is 29.3 Å². The summed E-state index contributed by atoms with van der Waals surface area (Å²) in [5.41, 5.74) is 0.760. The van der Waals surface area contributed by atoms with Gasteiger partial charge in [0.05, 0.1) is 11.4 Å². The van der Waals surface area contributed by atoms with Gasteiger partial charge in [-0.3, -0.25) is 14.7 Å². The second-order valence-corrected chi connectivity index (χ2v) is 7.40. The molecule has 2 aliphatic rings. The highest BCUT2D eigenvalue weighted by Crippen LogP contribution is 2.38. The average Bonchev–Trinajstić information content (AvgIpc) is 3.13. The maximum Gasteiger partial charge on any atom is 0.321 e. The Bertz CT molecular complexity index is 608. The number of aliphatic carboxylic acids is 1. The summed E-state index contributed by atoms with van der Waals surface area (Å²) in [5.74, 6) is 0.914. The normalized spacial score (nSPS) is 28.8. The highest BCUT2D eigenvalue weighted by atomic mass is 32.2. The first kappa shape index (κ1) is 15.7. The van der Waals surface area contributed by atoms with Gasteiger partial charge in [0.25, 0.3) is 0 Å². The average molecular weight is 338 g/mol. The summed E-state index contributed by atoms with van der Waals surface area (Å²) in [4.78, 5) is 18.1. The van der Waals surface area contributed by atoms with E-state index in [1.807, 2.05) is 24.0 Å². The number of carboxylic acid groups (broad SMARTS) is 1. The highest BCUT2D eigenvalue weighted by molar-refractivity contribution is 8.14. The first-order valence-electron chi connectivity index (χ1n) is 7.21. The van der Waals surface area contributed by atoms with Crippen molar-refractivity contribution in [1.82, 2.24) is 4.90 Å². The summed E-state index contributed by atoms with van der Waals surface area (Å²) in [5, 5.41) is 20.2. The van der Waals surface area contributed by atoms with Gasteiger partial charge in [-0.25, -0.2) is 0 Å². The van der Waals surface area contributed by atoms with Gasteiger partial charge < -0.3 is 10.2 Å². The smallest absolute Gasteiger partial charge is 0.321 e. The van der Waals surface area contributed by atoms with E-state index in [0.717, 1.165) is 16.4 Å². The lowest BCUT2D eigenvalue weighted by Crippen LogP contribution is -2.45. The van der Waals surface area contributed by atoms with E-state index >= 15 is 0 Å². The molecule has 0 aromatic heterocycles. The molecule has 2 heterocycles. The molecule has 2 N–H and O–H groups in total. The lowest BCUT2D eigenvalue weighted by atomic mass is 10.2. The fourth-order valence-corrected chi connectivity index (χ4v) is 5.67. The van der Waals surface area contributed by atoms with E-state index in [2.05, 4.69) is 0 Å². The summed E-state index contributed by atoms with van der Waals surface area (Å²) in [6, 6.07) is 6.84. The number of aromatic hydroxyl groups is 1. The van der Waals surface area contributed by atoms with Crippen molar-refractivity contribution in [2.75, 3.05) is 18.1 Å². The number of carboxylic acids is 1. The molecule has 0 aliphatic carbocycles. The molecule has 1 fully saturated rings. The predicted octanol–water partition coefficient (Wildman–Crippen LogP) is 2.10. The van der Waals surface area contributed by atoms with Gasteiger partial charge >= 0.3 is 5.97 Å². The minimum Gasteiger partial charge on any atom is -0.507 e. The largest absolute Gasteiger partial charge is 0.507 e. The third kappa shape index (κ3) is 2.85. The fourth-order valence-electron chi connectivity index (χ4n) is 2.84. The number of para-hydroxylation sites is 1. The number of thioether (sulfide) groups is 2. The molecular weight excluding hydrogens is 320 g/mol. The first-order valence-corrected chi connectivity index (χ1v) is 9.24. The lowest BCUT2D eigenvalue weighted by molar-refractivity contribution is -0.142. The fraction of sp³-hybridized carbons (Fsp3) is 0.467. The number of phenolic OH excluding ortho intramolecular Hbond substituents is 1. The van der Waals surface area contributed by atoms with Crippen LogP contribution in [0.4, 0.5) is 0 Å². The monoisotopic (exact) mass is 338 g/mol. The van der Waals surface area contributed by atoms with Crippen molar-refractivity contribution in [3.05, 3.63) is 29.8 Å². The van der Waals surface area contributed by atoms with Crippen LogP contribution in [0.25, 0.3) is 0 Å². The van der Waals surface area contributed by atoms with Crippen LogP contribution in [0, 0.1) is 0 Å². The van der Waals surface area contributed by atoms with Gasteiger partial charge in [0, 0.05) is 17.1 Å². The van der Waals surface area contributed by atoms with Crippen molar-refractivity contribution >= 4 is 34.5 Å². The number of likely N-dealkylation sites (N-methyl/N-ethyl adjacent to an activating group) is 1. The molecule has 7 heteroatoms. The summed E-state index contributed by atoms with van der Waals surface area (Å²) in [6.07, 6.45) is 0. The molecule has 0 amide bonds. The second-order valence-electron chi connectivity index (χ2n) is 5.24. The van der Waals surface area contributed by atoms with E-state index in [1.165, 1.54) is 0 Å². The SMILES string of the molecule is CCN1C([C@H]2CSC(c3ccccc3O)=N2)SC[C@H]1C(=O)O. The molecule has 118 valence electrons. The number of rotatable bonds is 4. The Morgan fingerprint density at radius 1 is 1.41 bits per heavy atom. The summed E-state index contributed by atoms with van der Waals surface area (Å²) >= 11 is 3.30. The summed E-state index contributed by atoms with van der Waals surface area (Å²) in [6.45, 7) is 2.70. The van der Waals surface area contributed by atoms with Crippen molar-refractivity contribution in [2.45, 2.75) is 24.4 Å². The number of phenols is 1. The molecule has 0 bridgehead atoms. The number of aliphatic imine (C=N–C) groups is 1. The van der Waals surface area contributed by atoms with Crippen LogP contribution in [0.1, 0.15) is 12.5 Å². The van der Waals surface area contributed by atoms with E-state index in [1.54, 1.807) is 35.7 Å². The van der Waals surface area contributed by atoms with Crippen LogP contribution in [0.3, 0.4) is 0 Å². The topological polar surface area (TPSA) is 73.1 Å². The van der Waals surface area contributed by atoms with Crippen LogP contribution in [-0.2, 0) is 4.79 Å². The highest BCUT2D eigenvalue weighted by Gasteiger charge is 2.42. The molecule has 22 heavy (non-hydrogen) atoms. The Morgan fingerprint density at radius 3 is 2.86 bits per heavy atom. The van der Waals surface area contributed by atoms with Gasteiger partial charge in [0.2, 0.25) is 0 Å². The van der Waals surface area contributed by atoms with Crippen LogP contribution >= 0.6 is 23.5 Å². The van der Waals surface area contributed by atoms with Gasteiger partial charge in [-0.1, -0.05) is 19.1 Å². The Hall–Kier alpha value is -1.18. The Labute approximate surface area is 137 Å². The second kappa shape index (κ2) is 6.52. The number of hydrogen-bond donors (Lipinski definition) is 2. The van der Waals surface area contributed by atoms with Crippen LogP contribution < -0.4 is 0 Å². The molecule has 0 radical (unpaired) electrons. The Balaban J connectivity index is 1.80. The van der Waals surface area contributed by atoms with Crippen LogP contribution in [0.2, 0.25) is 0 Å². The van der Waals surface area contributed by atoms with Crippen LogP contribution in [0.5, 0.6) is 5.75 Å². The minimum absolute atomic E-state index is 0.0638. The zero-order valence-corrected chi connectivity index (χ0v) is 13.8. The number of carbonyl (C=O) groups is 1. The Morgan fingerprint density at radius 2 is 2.18 bits per heavy atom. The van der Waals surface area contributed by atoms with E-state index in [4.69, 9.17) is 4.99 Å². The molecule has 2 aliphatic heterocycles. The standard InChI is InChI=1S/C15H18N2O3S2/c1-2-17-11(15(19)20)8-22-14(17)10-7-21-13(16-10)9-5-3-4-6-12(9)18/h3-6,10-11,14,18H,2,7-8H2,1H3,(H,19,20)/t10-,11+,14?/m1/s1. The quantitative estimate of drug-likeness (QED) is 0.876. The maximum atomic E-state index is 11.3. The van der Waals surface area contributed by atoms with Gasteiger partial charge in [-0.15, -0.1) is 23.5 Å². The molecule has 3 atom stereocenters. The lowest BCUT2D eigenvalue weighted by Gasteiger charge is -2.27. The van der Waals surface area contributed by atoms with Gasteiger partial charge in [0.15, 0.2) is 0 Å². The molecule has 1 unspecified atom stereocenters. The van der Waals surface area contributed by atoms with Crippen molar-refractivity contribution in [1.29, 1.82) is 0 Å². The zero-order chi connectivity index (χ0) is 15.7. The van der Waals surface area contributed by atoms with E-state index in [0.29, 0.717) is 12.3 Å². The molecule has 1 aromatic carbocycles. The molecule has 3 rings (SSSR count). The molecular formula is C15H18N2O3S2. The molecule has 1 aromatic rings. The number of nitrogens with zero attached hydrogens (tertiary/aromatic N) is 2. The minimum atomic E-state index is -0.757. The zero-order valence-electron chi connectivity index (χ0n) is 12.2. The van der Waals surface area contributed by atoms with Gasteiger partial charge in [-0.05, 0) is 18.7 Å². The van der Waals surface area contributed by atoms with Crippen LogP contribution in [-0.4, -0.2) is 61.6 Å². The predicted molar refractivity (Wildman–Crippen MR) is 90.9 cm³/mol. The van der Waals surface area contributed by atoms with Crippen molar-refractivity contribution in [2.24, 2.45) is 4.99 Å². The summed E-state index contributed by atoms with van der Waals surface area (Å²) in [7, 11) is 0. The van der Waals surface area contributed by atoms with E-state index in [-0.39, 0.29) is 17.2 Å².